The first-order valence-corrected chi connectivity index (χ1v) is 8.76. The average molecular weight is 344 g/mol. The largest absolute Gasteiger partial charge is 0.481 e. The molecule has 0 spiro atoms. The van der Waals surface area contributed by atoms with E-state index in [2.05, 4.69) is 10.0 Å². The summed E-state index contributed by atoms with van der Waals surface area (Å²) in [5, 5.41) is 11.7. The van der Waals surface area contributed by atoms with Gasteiger partial charge in [0.25, 0.3) is 15.9 Å². The van der Waals surface area contributed by atoms with E-state index in [-0.39, 0.29) is 10.9 Å². The number of hydrogen-bond acceptors (Lipinski definition) is 5. The number of amides is 1. The van der Waals surface area contributed by atoms with Crippen molar-refractivity contribution < 1.29 is 27.5 Å². The molecule has 2 unspecified atom stereocenters. The van der Waals surface area contributed by atoms with Crippen LogP contribution >= 0.6 is 0 Å². The lowest BCUT2D eigenvalue weighted by Crippen LogP contribution is -2.55. The Hall–Kier alpha value is -1.87. The molecule has 1 aliphatic carbocycles. The molecule has 128 valence electrons. The minimum atomic E-state index is -3.77. The van der Waals surface area contributed by atoms with Crippen LogP contribution in [0.4, 0.5) is 0 Å². The molecule has 1 aromatic heterocycles. The summed E-state index contributed by atoms with van der Waals surface area (Å²) in [5.74, 6) is -2.44. The molecule has 2 rings (SSSR count). The fraction of sp³-hybridized carbons (Fsp3) is 0.571. The van der Waals surface area contributed by atoms with Crippen LogP contribution in [0.5, 0.6) is 0 Å². The van der Waals surface area contributed by atoms with E-state index in [9.17, 15) is 23.1 Å². The number of carboxylic acid groups (broad SMARTS) is 1. The van der Waals surface area contributed by atoms with Crippen molar-refractivity contribution in [3.63, 3.8) is 0 Å². The van der Waals surface area contributed by atoms with Crippen molar-refractivity contribution in [1.82, 2.24) is 10.0 Å². The van der Waals surface area contributed by atoms with Gasteiger partial charge in [-0.15, -0.1) is 0 Å². The summed E-state index contributed by atoms with van der Waals surface area (Å²) in [6.07, 6.45) is 2.65. The van der Waals surface area contributed by atoms with Gasteiger partial charge in [0, 0.05) is 0 Å². The zero-order valence-electron chi connectivity index (χ0n) is 13.0. The molecule has 1 aliphatic rings. The fourth-order valence-corrected chi connectivity index (χ4v) is 3.54. The monoisotopic (exact) mass is 344 g/mol. The van der Waals surface area contributed by atoms with E-state index >= 15 is 0 Å². The Kier molecular flexibility index (Phi) is 4.81. The molecule has 0 bridgehead atoms. The highest BCUT2D eigenvalue weighted by atomic mass is 32.2. The molecule has 1 amide bonds. The van der Waals surface area contributed by atoms with Crippen LogP contribution in [0.2, 0.25) is 0 Å². The van der Waals surface area contributed by atoms with Crippen molar-refractivity contribution in [3.8, 4) is 0 Å². The lowest BCUT2D eigenvalue weighted by atomic mass is 9.74. The van der Waals surface area contributed by atoms with E-state index in [0.29, 0.717) is 12.8 Å². The number of hydrogen-bond donors (Lipinski definition) is 3. The maximum absolute atomic E-state index is 12.3. The van der Waals surface area contributed by atoms with E-state index in [1.54, 1.807) is 6.92 Å². The molecule has 0 saturated heterocycles. The quantitative estimate of drug-likeness (QED) is 0.730. The summed E-state index contributed by atoms with van der Waals surface area (Å²) in [7, 11) is -2.54. The molecule has 1 aromatic rings. The number of aliphatic carboxylic acids is 1. The normalized spacial score (nSPS) is 25.0. The van der Waals surface area contributed by atoms with Gasteiger partial charge in [0.1, 0.15) is 0 Å². The van der Waals surface area contributed by atoms with Gasteiger partial charge in [0.05, 0.1) is 11.5 Å². The Morgan fingerprint density at radius 1 is 1.35 bits per heavy atom. The number of furan rings is 1. The van der Waals surface area contributed by atoms with Gasteiger partial charge in [-0.25, -0.2) is 13.1 Å². The highest BCUT2D eigenvalue weighted by Gasteiger charge is 2.42. The van der Waals surface area contributed by atoms with Crippen LogP contribution in [-0.2, 0) is 14.8 Å². The Balaban J connectivity index is 2.19. The summed E-state index contributed by atoms with van der Waals surface area (Å²) in [4.78, 5) is 23.7. The van der Waals surface area contributed by atoms with Gasteiger partial charge in [-0.05, 0) is 38.9 Å². The van der Waals surface area contributed by atoms with Crippen molar-refractivity contribution in [2.45, 2.75) is 43.2 Å². The first kappa shape index (κ1) is 17.5. The highest BCUT2D eigenvalue weighted by Crippen LogP contribution is 2.34. The third-order valence-electron chi connectivity index (χ3n) is 4.24. The second-order valence-corrected chi connectivity index (χ2v) is 7.65. The predicted molar refractivity (Wildman–Crippen MR) is 80.4 cm³/mol. The SMILES string of the molecule is CNS(=O)(=O)c1ccc(C(=O)NC2(C)CCCCC2C(=O)O)o1. The molecule has 3 N–H and O–H groups in total. The van der Waals surface area contributed by atoms with Gasteiger partial charge in [0.2, 0.25) is 5.09 Å². The standard InChI is InChI=1S/C14H20N2O6S/c1-14(8-4-3-5-9(14)13(18)19)16-12(17)10-6-7-11(22-10)23(20,21)15-2/h6-7,9,15H,3-5,8H2,1-2H3,(H,16,17)(H,18,19). The molecular formula is C14H20N2O6S. The Morgan fingerprint density at radius 2 is 2.04 bits per heavy atom. The van der Waals surface area contributed by atoms with E-state index in [0.717, 1.165) is 12.8 Å². The number of nitrogens with one attached hydrogen (secondary N) is 2. The van der Waals surface area contributed by atoms with Crippen LogP contribution in [0.25, 0.3) is 0 Å². The Morgan fingerprint density at radius 3 is 2.65 bits per heavy atom. The van der Waals surface area contributed by atoms with Crippen molar-refractivity contribution in [2.75, 3.05) is 7.05 Å². The van der Waals surface area contributed by atoms with Gasteiger partial charge in [-0.3, -0.25) is 9.59 Å². The fourth-order valence-electron chi connectivity index (χ4n) is 2.89. The average Bonchev–Trinajstić information content (AvgIpc) is 2.97. The van der Waals surface area contributed by atoms with Crippen molar-refractivity contribution in [2.24, 2.45) is 5.92 Å². The van der Waals surface area contributed by atoms with Gasteiger partial charge >= 0.3 is 5.97 Å². The maximum Gasteiger partial charge on any atom is 0.308 e. The molecule has 0 radical (unpaired) electrons. The predicted octanol–water partition coefficient (Wildman–Crippen LogP) is 0.951. The summed E-state index contributed by atoms with van der Waals surface area (Å²) < 4.78 is 30.4. The first-order valence-electron chi connectivity index (χ1n) is 7.28. The third kappa shape index (κ3) is 3.56. The number of carbonyl (C=O) groups excluding carboxylic acids is 1. The summed E-state index contributed by atoms with van der Waals surface area (Å²) in [6, 6.07) is 2.43. The molecule has 2 atom stereocenters. The summed E-state index contributed by atoms with van der Waals surface area (Å²) in [5.41, 5.74) is -0.893. The number of sulfonamides is 1. The number of carboxylic acids is 1. The smallest absolute Gasteiger partial charge is 0.308 e. The zero-order valence-corrected chi connectivity index (χ0v) is 13.8. The molecular weight excluding hydrogens is 324 g/mol. The summed E-state index contributed by atoms with van der Waals surface area (Å²) >= 11 is 0. The van der Waals surface area contributed by atoms with Gasteiger partial charge in [0.15, 0.2) is 5.76 Å². The van der Waals surface area contributed by atoms with Crippen LogP contribution < -0.4 is 10.0 Å². The highest BCUT2D eigenvalue weighted by molar-refractivity contribution is 7.89. The first-order chi connectivity index (χ1) is 10.7. The zero-order chi connectivity index (χ0) is 17.3. The van der Waals surface area contributed by atoms with Crippen LogP contribution in [0, 0.1) is 5.92 Å². The number of carbonyl (C=O) groups is 2. The Bertz CT molecular complexity index is 711. The molecule has 1 saturated carbocycles. The molecule has 23 heavy (non-hydrogen) atoms. The third-order valence-corrected chi connectivity index (χ3v) is 5.53. The van der Waals surface area contributed by atoms with Crippen LogP contribution in [0.3, 0.4) is 0 Å². The van der Waals surface area contributed by atoms with Gasteiger partial charge in [-0.2, -0.15) is 0 Å². The van der Waals surface area contributed by atoms with E-state index < -0.39 is 33.4 Å². The van der Waals surface area contributed by atoms with Gasteiger partial charge < -0.3 is 14.8 Å². The molecule has 8 nitrogen and oxygen atoms in total. The van der Waals surface area contributed by atoms with Crippen molar-refractivity contribution in [3.05, 3.63) is 17.9 Å². The summed E-state index contributed by atoms with van der Waals surface area (Å²) in [6.45, 7) is 1.69. The van der Waals surface area contributed by atoms with E-state index in [4.69, 9.17) is 4.42 Å². The minimum Gasteiger partial charge on any atom is -0.481 e. The topological polar surface area (TPSA) is 126 Å². The second-order valence-electron chi connectivity index (χ2n) is 5.83. The van der Waals surface area contributed by atoms with E-state index in [1.165, 1.54) is 19.2 Å². The van der Waals surface area contributed by atoms with Crippen LogP contribution in [0.15, 0.2) is 21.6 Å². The molecule has 9 heteroatoms. The molecule has 0 aliphatic heterocycles. The van der Waals surface area contributed by atoms with Crippen molar-refractivity contribution in [1.29, 1.82) is 0 Å². The molecule has 0 aromatic carbocycles. The lowest BCUT2D eigenvalue weighted by Gasteiger charge is -2.39. The minimum absolute atomic E-state index is 0.172. The van der Waals surface area contributed by atoms with Crippen LogP contribution in [-0.4, -0.2) is 38.0 Å². The van der Waals surface area contributed by atoms with Gasteiger partial charge in [-0.1, -0.05) is 12.8 Å². The maximum atomic E-state index is 12.3. The number of rotatable bonds is 5. The molecule has 1 heterocycles. The Labute approximate surface area is 134 Å². The van der Waals surface area contributed by atoms with Crippen LogP contribution in [0.1, 0.15) is 43.2 Å². The van der Waals surface area contributed by atoms with Crippen molar-refractivity contribution >= 4 is 21.9 Å². The van der Waals surface area contributed by atoms with E-state index in [1.807, 2.05) is 0 Å². The lowest BCUT2D eigenvalue weighted by molar-refractivity contribution is -0.145. The second kappa shape index (κ2) is 6.32. The molecule has 1 fully saturated rings.